The number of aromatic nitrogens is 3. The second kappa shape index (κ2) is 5.14. The van der Waals surface area contributed by atoms with Crippen molar-refractivity contribution in [3.05, 3.63) is 70.2 Å². The molecule has 4 rings (SSSR count). The maximum Gasteiger partial charge on any atom is 0.299 e. The van der Waals surface area contributed by atoms with Crippen molar-refractivity contribution in [2.24, 2.45) is 0 Å². The molecule has 5 nitrogen and oxygen atoms in total. The van der Waals surface area contributed by atoms with Crippen LogP contribution in [0.25, 0.3) is 22.4 Å². The van der Waals surface area contributed by atoms with E-state index in [1.165, 1.54) is 0 Å². The summed E-state index contributed by atoms with van der Waals surface area (Å²) in [7, 11) is 1.58. The number of rotatable bonds is 2. The zero-order valence-corrected chi connectivity index (χ0v) is 13.0. The van der Waals surface area contributed by atoms with E-state index in [1.807, 2.05) is 30.3 Å². The van der Waals surface area contributed by atoms with Gasteiger partial charge in [0.15, 0.2) is 0 Å². The third-order valence-electron chi connectivity index (χ3n) is 3.80. The number of ether oxygens (including phenoxy) is 1. The summed E-state index contributed by atoms with van der Waals surface area (Å²) >= 11 is 6.16. The average molecular weight is 326 g/mol. The lowest BCUT2D eigenvalue weighted by Crippen LogP contribution is -2.22. The zero-order chi connectivity index (χ0) is 16.0. The average Bonchev–Trinajstić information content (AvgIpc) is 3.05. The van der Waals surface area contributed by atoms with Gasteiger partial charge in [0, 0.05) is 17.4 Å². The fourth-order valence-electron chi connectivity index (χ4n) is 2.80. The second-order valence-corrected chi connectivity index (χ2v) is 5.50. The van der Waals surface area contributed by atoms with E-state index in [9.17, 15) is 4.79 Å². The molecular formula is C17H12ClN3O2. The molecule has 23 heavy (non-hydrogen) atoms. The molecule has 4 aromatic rings. The first-order valence-corrected chi connectivity index (χ1v) is 7.39. The molecule has 0 amide bonds. The van der Waals surface area contributed by atoms with Crippen LogP contribution in [0.4, 0.5) is 0 Å². The first-order valence-electron chi connectivity index (χ1n) is 7.01. The van der Waals surface area contributed by atoms with E-state index in [0.717, 1.165) is 5.52 Å². The Morgan fingerprint density at radius 2 is 1.96 bits per heavy atom. The monoisotopic (exact) mass is 325 g/mol. The molecule has 0 aliphatic rings. The van der Waals surface area contributed by atoms with Crippen LogP contribution in [-0.2, 0) is 0 Å². The maximum absolute atomic E-state index is 13.0. The van der Waals surface area contributed by atoms with Crippen LogP contribution >= 0.6 is 11.6 Å². The third-order valence-corrected chi connectivity index (χ3v) is 4.03. The fourth-order valence-corrected chi connectivity index (χ4v) is 2.96. The van der Waals surface area contributed by atoms with Gasteiger partial charge in [-0.3, -0.25) is 13.8 Å². The van der Waals surface area contributed by atoms with Crippen molar-refractivity contribution in [1.29, 1.82) is 0 Å². The van der Waals surface area contributed by atoms with Crippen LogP contribution in [0.3, 0.4) is 0 Å². The Bertz CT molecular complexity index is 1100. The molecule has 2 heterocycles. The maximum atomic E-state index is 13.0. The number of fused-ring (bicyclic) bond motifs is 3. The summed E-state index contributed by atoms with van der Waals surface area (Å²) in [6, 6.07) is 12.8. The van der Waals surface area contributed by atoms with Crippen LogP contribution in [0, 0.1) is 0 Å². The molecule has 6 heteroatoms. The summed E-state index contributed by atoms with van der Waals surface area (Å²) in [5.74, 6) is 0.604. The lowest BCUT2D eigenvalue weighted by molar-refractivity contribution is 0.413. The Kier molecular flexibility index (Phi) is 3.09. The van der Waals surface area contributed by atoms with Gasteiger partial charge in [0.2, 0.25) is 5.65 Å². The quantitative estimate of drug-likeness (QED) is 0.568. The first-order chi connectivity index (χ1) is 11.2. The van der Waals surface area contributed by atoms with Crippen LogP contribution in [0.2, 0.25) is 5.02 Å². The van der Waals surface area contributed by atoms with E-state index in [0.29, 0.717) is 27.6 Å². The summed E-state index contributed by atoms with van der Waals surface area (Å²) < 4.78 is 8.76. The predicted octanol–water partition coefficient (Wildman–Crippen LogP) is 3.30. The van der Waals surface area contributed by atoms with E-state index in [-0.39, 0.29) is 5.56 Å². The molecule has 0 unspecified atom stereocenters. The molecule has 0 radical (unpaired) electrons. The highest BCUT2D eigenvalue weighted by Crippen LogP contribution is 2.26. The normalized spacial score (nSPS) is 11.2. The Morgan fingerprint density at radius 1 is 1.13 bits per heavy atom. The van der Waals surface area contributed by atoms with Crippen molar-refractivity contribution < 1.29 is 4.74 Å². The van der Waals surface area contributed by atoms with Crippen LogP contribution in [-0.4, -0.2) is 21.1 Å². The van der Waals surface area contributed by atoms with Gasteiger partial charge in [-0.05, 0) is 30.3 Å². The lowest BCUT2D eigenvalue weighted by atomic mass is 10.2. The van der Waals surface area contributed by atoms with Crippen molar-refractivity contribution in [2.45, 2.75) is 0 Å². The van der Waals surface area contributed by atoms with Crippen molar-refractivity contribution in [1.82, 2.24) is 14.0 Å². The minimum Gasteiger partial charge on any atom is -0.495 e. The highest BCUT2D eigenvalue weighted by atomic mass is 35.5. The van der Waals surface area contributed by atoms with Crippen molar-refractivity contribution >= 4 is 28.3 Å². The minimum atomic E-state index is -0.228. The van der Waals surface area contributed by atoms with Crippen LogP contribution in [0.5, 0.6) is 5.75 Å². The second-order valence-electron chi connectivity index (χ2n) is 5.07. The standard InChI is InChI=1S/C17H12ClN3O2/c1-23-15-5-3-2-4-13(15)21-14-10-11(18)6-7-12(14)20-9-8-19-16(20)17(21)22/h2-10H,1H3. The number of methoxy groups -OCH3 is 1. The molecule has 0 aliphatic heterocycles. The predicted molar refractivity (Wildman–Crippen MR) is 89.9 cm³/mol. The smallest absolute Gasteiger partial charge is 0.299 e. The Morgan fingerprint density at radius 3 is 2.78 bits per heavy atom. The summed E-state index contributed by atoms with van der Waals surface area (Å²) in [6.07, 6.45) is 3.37. The van der Waals surface area contributed by atoms with E-state index in [4.69, 9.17) is 16.3 Å². The van der Waals surface area contributed by atoms with Gasteiger partial charge < -0.3 is 4.74 Å². The summed E-state index contributed by atoms with van der Waals surface area (Å²) in [6.45, 7) is 0. The highest BCUT2D eigenvalue weighted by molar-refractivity contribution is 6.31. The molecule has 0 bridgehead atoms. The molecule has 0 saturated heterocycles. The van der Waals surface area contributed by atoms with Crippen LogP contribution in [0.15, 0.2) is 59.7 Å². The molecular weight excluding hydrogens is 314 g/mol. The van der Waals surface area contributed by atoms with Gasteiger partial charge in [0.1, 0.15) is 5.75 Å². The number of hydrogen-bond acceptors (Lipinski definition) is 3. The topological polar surface area (TPSA) is 48.5 Å². The molecule has 0 atom stereocenters. The summed E-state index contributed by atoms with van der Waals surface area (Å²) in [5, 5.41) is 0.556. The highest BCUT2D eigenvalue weighted by Gasteiger charge is 2.15. The van der Waals surface area contributed by atoms with Gasteiger partial charge in [-0.15, -0.1) is 0 Å². The van der Waals surface area contributed by atoms with E-state index in [2.05, 4.69) is 4.98 Å². The van der Waals surface area contributed by atoms with Gasteiger partial charge in [0.05, 0.1) is 23.8 Å². The van der Waals surface area contributed by atoms with E-state index < -0.39 is 0 Å². The first kappa shape index (κ1) is 13.8. The molecule has 114 valence electrons. The Labute approximate surface area is 136 Å². The van der Waals surface area contributed by atoms with Crippen molar-refractivity contribution in [3.8, 4) is 11.4 Å². The lowest BCUT2D eigenvalue weighted by Gasteiger charge is -2.15. The zero-order valence-electron chi connectivity index (χ0n) is 12.2. The molecule has 0 saturated carbocycles. The number of para-hydroxylation sites is 2. The number of nitrogens with zero attached hydrogens (tertiary/aromatic N) is 3. The van der Waals surface area contributed by atoms with Gasteiger partial charge in [-0.1, -0.05) is 23.7 Å². The van der Waals surface area contributed by atoms with Gasteiger partial charge in [-0.2, -0.15) is 0 Å². The number of hydrogen-bond donors (Lipinski definition) is 0. The Hall–Kier alpha value is -2.79. The third kappa shape index (κ3) is 2.01. The van der Waals surface area contributed by atoms with Gasteiger partial charge >= 0.3 is 0 Å². The summed E-state index contributed by atoms with van der Waals surface area (Å²) in [5.41, 5.74) is 2.31. The largest absolute Gasteiger partial charge is 0.495 e. The molecule has 0 spiro atoms. The van der Waals surface area contributed by atoms with Crippen LogP contribution < -0.4 is 10.3 Å². The number of imidazole rings is 1. The van der Waals surface area contributed by atoms with Crippen molar-refractivity contribution in [3.63, 3.8) is 0 Å². The molecule has 2 aromatic heterocycles. The van der Waals surface area contributed by atoms with E-state index >= 15 is 0 Å². The number of benzene rings is 2. The fraction of sp³-hybridized carbons (Fsp3) is 0.0588. The van der Waals surface area contributed by atoms with Crippen molar-refractivity contribution in [2.75, 3.05) is 7.11 Å². The SMILES string of the molecule is COc1ccccc1-n1c(=O)c2nccn2c2ccc(Cl)cc21. The summed E-state index contributed by atoms with van der Waals surface area (Å²) in [4.78, 5) is 17.2. The number of halogens is 1. The molecule has 2 aromatic carbocycles. The molecule has 0 N–H and O–H groups in total. The van der Waals surface area contributed by atoms with Gasteiger partial charge in [0.25, 0.3) is 5.56 Å². The van der Waals surface area contributed by atoms with Gasteiger partial charge in [-0.25, -0.2) is 4.98 Å². The minimum absolute atomic E-state index is 0.228. The van der Waals surface area contributed by atoms with E-state index in [1.54, 1.807) is 40.6 Å². The molecule has 0 aliphatic carbocycles. The molecule has 0 fully saturated rings. The van der Waals surface area contributed by atoms with Crippen LogP contribution in [0.1, 0.15) is 0 Å². The Balaban J connectivity index is 2.26.